The van der Waals surface area contributed by atoms with E-state index in [0.717, 1.165) is 19.2 Å². The van der Waals surface area contributed by atoms with Crippen molar-refractivity contribution in [3.63, 3.8) is 0 Å². The van der Waals surface area contributed by atoms with Gasteiger partial charge >= 0.3 is 11.7 Å². The molecule has 24 heavy (non-hydrogen) atoms. The monoisotopic (exact) mass is 342 g/mol. The number of nitrogens with zero attached hydrogens (tertiary/aromatic N) is 1. The maximum atomic E-state index is 13.7. The number of rotatable bonds is 4. The molecule has 0 spiro atoms. The van der Waals surface area contributed by atoms with Crippen molar-refractivity contribution in [3.8, 4) is 5.75 Å². The topological polar surface area (TPSA) is 102 Å². The molecule has 2 aromatic rings. The van der Waals surface area contributed by atoms with Gasteiger partial charge < -0.3 is 15.2 Å². The number of benzene rings is 2. The maximum absolute atomic E-state index is 13.7. The first-order valence-corrected chi connectivity index (χ1v) is 6.26. The molecule has 0 aliphatic rings. The lowest BCUT2D eigenvalue weighted by Crippen LogP contribution is -2.06. The first-order chi connectivity index (χ1) is 11.3. The van der Waals surface area contributed by atoms with Crippen molar-refractivity contribution < 1.29 is 32.7 Å². The van der Waals surface area contributed by atoms with Crippen molar-refractivity contribution in [3.05, 3.63) is 57.4 Å². The van der Waals surface area contributed by atoms with Gasteiger partial charge in [-0.3, -0.25) is 10.1 Å². The van der Waals surface area contributed by atoms with Gasteiger partial charge in [-0.05, 0) is 12.1 Å². The molecule has 0 fully saturated rings. The third-order valence-corrected chi connectivity index (χ3v) is 3.00. The Morgan fingerprint density at radius 2 is 1.92 bits per heavy atom. The Morgan fingerprint density at radius 1 is 1.25 bits per heavy atom. The minimum absolute atomic E-state index is 0.298. The summed E-state index contributed by atoms with van der Waals surface area (Å²) in [6.45, 7) is 0. The fourth-order valence-electron chi connectivity index (χ4n) is 1.93. The van der Waals surface area contributed by atoms with Crippen LogP contribution in [0.25, 0.3) is 0 Å². The summed E-state index contributed by atoms with van der Waals surface area (Å²) < 4.78 is 44.4. The fourth-order valence-corrected chi connectivity index (χ4v) is 1.93. The van der Waals surface area contributed by atoms with Crippen molar-refractivity contribution >= 4 is 23.0 Å². The smallest absolute Gasteiger partial charge is 0.341 e. The Morgan fingerprint density at radius 3 is 2.50 bits per heavy atom. The van der Waals surface area contributed by atoms with Gasteiger partial charge in [-0.25, -0.2) is 18.0 Å². The number of carbonyl (C=O) groups is 1. The van der Waals surface area contributed by atoms with E-state index in [9.17, 15) is 33.2 Å². The molecule has 0 aliphatic heterocycles. The summed E-state index contributed by atoms with van der Waals surface area (Å²) in [6, 6.07) is 2.82. The van der Waals surface area contributed by atoms with Crippen LogP contribution in [-0.2, 0) is 4.74 Å². The van der Waals surface area contributed by atoms with E-state index in [1.807, 2.05) is 0 Å². The number of nitro benzene ring substituents is 1. The minimum Gasteiger partial charge on any atom is -0.501 e. The number of ether oxygens (including phenoxy) is 1. The number of hydrogen-bond donors (Lipinski definition) is 2. The number of nitro groups is 1. The number of methoxy groups -OCH3 is 1. The van der Waals surface area contributed by atoms with Gasteiger partial charge in [0.2, 0.25) is 5.75 Å². The molecule has 0 aliphatic carbocycles. The highest BCUT2D eigenvalue weighted by Crippen LogP contribution is 2.39. The van der Waals surface area contributed by atoms with E-state index in [0.29, 0.717) is 12.1 Å². The lowest BCUT2D eigenvalue weighted by atomic mass is 10.1. The lowest BCUT2D eigenvalue weighted by Gasteiger charge is -2.11. The maximum Gasteiger partial charge on any atom is 0.341 e. The molecule has 0 unspecified atom stereocenters. The molecule has 0 saturated heterocycles. The number of hydrogen-bond acceptors (Lipinski definition) is 6. The number of nitrogens with one attached hydrogen (secondary N) is 1. The Kier molecular flexibility index (Phi) is 4.58. The van der Waals surface area contributed by atoms with Crippen LogP contribution in [0.2, 0.25) is 0 Å². The lowest BCUT2D eigenvalue weighted by molar-refractivity contribution is -0.384. The number of phenolic OH excluding ortho intramolecular Hbond substituents is 1. The van der Waals surface area contributed by atoms with Gasteiger partial charge in [0.25, 0.3) is 0 Å². The summed E-state index contributed by atoms with van der Waals surface area (Å²) in [5.41, 5.74) is -2.68. The predicted molar refractivity (Wildman–Crippen MR) is 75.7 cm³/mol. The van der Waals surface area contributed by atoms with E-state index in [4.69, 9.17) is 0 Å². The van der Waals surface area contributed by atoms with E-state index in [1.54, 1.807) is 0 Å². The zero-order valence-electron chi connectivity index (χ0n) is 12.0. The van der Waals surface area contributed by atoms with Crippen LogP contribution >= 0.6 is 0 Å². The Hall–Kier alpha value is -3.30. The Bertz CT molecular complexity index is 842. The second-order valence-electron chi connectivity index (χ2n) is 4.48. The van der Waals surface area contributed by atoms with Crippen LogP contribution < -0.4 is 5.32 Å². The van der Waals surface area contributed by atoms with E-state index < -0.39 is 56.7 Å². The summed E-state index contributed by atoms with van der Waals surface area (Å²) in [6.07, 6.45) is 0. The van der Waals surface area contributed by atoms with Crippen LogP contribution in [0.15, 0.2) is 24.3 Å². The van der Waals surface area contributed by atoms with E-state index in [1.165, 1.54) is 0 Å². The van der Waals surface area contributed by atoms with E-state index in [2.05, 4.69) is 10.1 Å². The molecule has 0 bridgehead atoms. The number of anilines is 2. The molecule has 2 aromatic carbocycles. The van der Waals surface area contributed by atoms with Crippen LogP contribution in [0.5, 0.6) is 5.75 Å². The van der Waals surface area contributed by atoms with Crippen LogP contribution in [0.4, 0.5) is 30.2 Å². The summed E-state index contributed by atoms with van der Waals surface area (Å²) in [7, 11) is 1.00. The van der Waals surface area contributed by atoms with Crippen LogP contribution in [-0.4, -0.2) is 23.1 Å². The third-order valence-electron chi connectivity index (χ3n) is 3.00. The van der Waals surface area contributed by atoms with Gasteiger partial charge in [-0.1, -0.05) is 0 Å². The average Bonchev–Trinajstić information content (AvgIpc) is 2.51. The molecule has 0 aromatic heterocycles. The second kappa shape index (κ2) is 6.44. The largest absolute Gasteiger partial charge is 0.501 e. The first-order valence-electron chi connectivity index (χ1n) is 6.26. The standard InChI is InChI=1S/C14H9F3N2O5/c1-24-14(21)7-2-3-9(12(13(7)20)19(22)23)18-10-5-6(15)4-8(16)11(10)17/h2-5,18,20H,1H3. The molecule has 126 valence electrons. The zero-order valence-corrected chi connectivity index (χ0v) is 12.0. The van der Waals surface area contributed by atoms with Gasteiger partial charge in [0.1, 0.15) is 17.1 Å². The summed E-state index contributed by atoms with van der Waals surface area (Å²) in [4.78, 5) is 21.5. The molecular formula is C14H9F3N2O5. The molecule has 2 N–H and O–H groups in total. The third kappa shape index (κ3) is 3.07. The van der Waals surface area contributed by atoms with Crippen LogP contribution in [0.3, 0.4) is 0 Å². The molecule has 10 heteroatoms. The van der Waals surface area contributed by atoms with Gasteiger partial charge in [0, 0.05) is 12.1 Å². The average molecular weight is 342 g/mol. The summed E-state index contributed by atoms with van der Waals surface area (Å²) >= 11 is 0. The summed E-state index contributed by atoms with van der Waals surface area (Å²) in [5, 5.41) is 23.1. The number of halogens is 3. The molecule has 2 rings (SSSR count). The zero-order chi connectivity index (χ0) is 18.0. The summed E-state index contributed by atoms with van der Waals surface area (Å²) in [5.74, 6) is -6.16. The van der Waals surface area contributed by atoms with Gasteiger partial charge in [0.15, 0.2) is 11.6 Å². The number of carbonyl (C=O) groups excluding carboxylic acids is 1. The Balaban J connectivity index is 2.58. The molecule has 0 atom stereocenters. The van der Waals surface area contributed by atoms with Gasteiger partial charge in [-0.15, -0.1) is 0 Å². The van der Waals surface area contributed by atoms with Gasteiger partial charge in [0.05, 0.1) is 17.7 Å². The van der Waals surface area contributed by atoms with Crippen molar-refractivity contribution in [1.29, 1.82) is 0 Å². The minimum atomic E-state index is -1.50. The molecular weight excluding hydrogens is 333 g/mol. The molecule has 0 amide bonds. The van der Waals surface area contributed by atoms with Crippen molar-refractivity contribution in [2.45, 2.75) is 0 Å². The highest BCUT2D eigenvalue weighted by Gasteiger charge is 2.27. The number of phenols is 1. The molecule has 0 saturated carbocycles. The molecule has 7 nitrogen and oxygen atoms in total. The fraction of sp³-hybridized carbons (Fsp3) is 0.0714. The van der Waals surface area contributed by atoms with E-state index >= 15 is 0 Å². The quantitative estimate of drug-likeness (QED) is 0.383. The van der Waals surface area contributed by atoms with Crippen molar-refractivity contribution in [2.75, 3.05) is 12.4 Å². The SMILES string of the molecule is COC(=O)c1ccc(Nc2cc(F)cc(F)c2F)c([N+](=O)[O-])c1O. The second-order valence-corrected chi connectivity index (χ2v) is 4.48. The highest BCUT2D eigenvalue weighted by molar-refractivity contribution is 5.96. The molecule has 0 heterocycles. The number of aromatic hydroxyl groups is 1. The van der Waals surface area contributed by atoms with Crippen molar-refractivity contribution in [1.82, 2.24) is 0 Å². The van der Waals surface area contributed by atoms with Crippen molar-refractivity contribution in [2.24, 2.45) is 0 Å². The first kappa shape index (κ1) is 17.1. The normalized spacial score (nSPS) is 10.3. The van der Waals surface area contributed by atoms with Crippen LogP contribution in [0, 0.1) is 27.6 Å². The van der Waals surface area contributed by atoms with Crippen LogP contribution in [0.1, 0.15) is 10.4 Å². The predicted octanol–water partition coefficient (Wildman–Crippen LogP) is 3.25. The molecule has 0 radical (unpaired) electrons. The van der Waals surface area contributed by atoms with Gasteiger partial charge in [-0.2, -0.15) is 0 Å². The number of esters is 1. The Labute approximate surface area is 132 Å². The highest BCUT2D eigenvalue weighted by atomic mass is 19.2. The van der Waals surface area contributed by atoms with E-state index in [-0.39, 0.29) is 0 Å².